The van der Waals surface area contributed by atoms with E-state index in [1.165, 1.54) is 6.42 Å². The number of pyridine rings is 1. The quantitative estimate of drug-likeness (QED) is 0.517. The second-order valence-electron chi connectivity index (χ2n) is 7.13. The van der Waals surface area contributed by atoms with E-state index in [-0.39, 0.29) is 17.5 Å². The number of aromatic nitrogens is 1. The summed E-state index contributed by atoms with van der Waals surface area (Å²) >= 11 is 0. The maximum atomic E-state index is 12.4. The normalized spacial score (nSPS) is 14.6. The number of anilines is 1. The molecule has 5 nitrogen and oxygen atoms in total. The van der Waals surface area contributed by atoms with Crippen LogP contribution in [0.25, 0.3) is 10.9 Å². The summed E-state index contributed by atoms with van der Waals surface area (Å²) in [4.78, 5) is 29.0. The Hall–Kier alpha value is -3.21. The molecule has 4 rings (SSSR count). The van der Waals surface area contributed by atoms with Crippen LogP contribution in [0.15, 0.2) is 60.7 Å². The van der Waals surface area contributed by atoms with Crippen LogP contribution in [0.4, 0.5) is 5.69 Å². The van der Waals surface area contributed by atoms with Crippen molar-refractivity contribution in [2.45, 2.75) is 32.1 Å². The van der Waals surface area contributed by atoms with Gasteiger partial charge in [-0.2, -0.15) is 0 Å². The van der Waals surface area contributed by atoms with Crippen LogP contribution in [0.3, 0.4) is 0 Å². The van der Waals surface area contributed by atoms with Gasteiger partial charge in [-0.3, -0.25) is 4.79 Å². The molecule has 0 radical (unpaired) electrons. The number of amides is 1. The standard InChI is InChI=1S/C23H22N2O3/c26-22(17-7-2-1-3-8-17)24-18-11-13-19(14-12-18)28-23(27)21-15-10-16-6-4-5-9-20(16)25-21/h4-6,9-15,17H,1-3,7-8H2,(H,24,26). The molecule has 0 atom stereocenters. The molecule has 1 aliphatic carbocycles. The van der Waals surface area contributed by atoms with Gasteiger partial charge in [0.1, 0.15) is 11.4 Å². The van der Waals surface area contributed by atoms with Crippen LogP contribution in [0.2, 0.25) is 0 Å². The number of rotatable bonds is 4. The lowest BCUT2D eigenvalue weighted by atomic mass is 9.88. The molecule has 0 bridgehead atoms. The van der Waals surface area contributed by atoms with Gasteiger partial charge < -0.3 is 10.1 Å². The van der Waals surface area contributed by atoms with Crippen molar-refractivity contribution in [3.63, 3.8) is 0 Å². The molecular weight excluding hydrogens is 352 g/mol. The first-order valence-corrected chi connectivity index (χ1v) is 9.68. The Morgan fingerprint density at radius 2 is 1.64 bits per heavy atom. The van der Waals surface area contributed by atoms with Crippen molar-refractivity contribution in [2.75, 3.05) is 5.32 Å². The van der Waals surface area contributed by atoms with E-state index in [1.807, 2.05) is 30.3 Å². The van der Waals surface area contributed by atoms with E-state index >= 15 is 0 Å². The Morgan fingerprint density at radius 1 is 0.893 bits per heavy atom. The first kappa shape index (κ1) is 18.2. The molecule has 1 N–H and O–H groups in total. The van der Waals surface area contributed by atoms with E-state index in [0.717, 1.165) is 36.6 Å². The van der Waals surface area contributed by atoms with E-state index in [4.69, 9.17) is 4.74 Å². The van der Waals surface area contributed by atoms with E-state index in [9.17, 15) is 9.59 Å². The summed E-state index contributed by atoms with van der Waals surface area (Å²) in [6, 6.07) is 18.0. The summed E-state index contributed by atoms with van der Waals surface area (Å²) in [7, 11) is 0. The van der Waals surface area contributed by atoms with E-state index < -0.39 is 5.97 Å². The van der Waals surface area contributed by atoms with Crippen LogP contribution >= 0.6 is 0 Å². The SMILES string of the molecule is O=C(Oc1ccc(NC(=O)C2CCCCC2)cc1)c1ccc2ccccc2n1. The van der Waals surface area contributed by atoms with Crippen LogP contribution in [-0.4, -0.2) is 16.9 Å². The van der Waals surface area contributed by atoms with Gasteiger partial charge in [-0.15, -0.1) is 0 Å². The van der Waals surface area contributed by atoms with Gasteiger partial charge in [0.2, 0.25) is 5.91 Å². The Balaban J connectivity index is 1.39. The molecule has 0 aliphatic heterocycles. The highest BCUT2D eigenvalue weighted by atomic mass is 16.5. The highest BCUT2D eigenvalue weighted by Crippen LogP contribution is 2.25. The first-order chi connectivity index (χ1) is 13.7. The number of nitrogens with zero attached hydrogens (tertiary/aromatic N) is 1. The monoisotopic (exact) mass is 374 g/mol. The van der Waals surface area contributed by atoms with Gasteiger partial charge in [-0.05, 0) is 49.2 Å². The van der Waals surface area contributed by atoms with Crippen molar-refractivity contribution < 1.29 is 14.3 Å². The van der Waals surface area contributed by atoms with Gasteiger partial charge in [0, 0.05) is 17.0 Å². The minimum Gasteiger partial charge on any atom is -0.422 e. The molecule has 1 aromatic heterocycles. The average molecular weight is 374 g/mol. The topological polar surface area (TPSA) is 68.3 Å². The zero-order valence-corrected chi connectivity index (χ0v) is 15.6. The largest absolute Gasteiger partial charge is 0.422 e. The summed E-state index contributed by atoms with van der Waals surface area (Å²) in [5.74, 6) is 0.0791. The third-order valence-electron chi connectivity index (χ3n) is 5.12. The highest BCUT2D eigenvalue weighted by Gasteiger charge is 2.21. The first-order valence-electron chi connectivity index (χ1n) is 9.68. The molecule has 1 aliphatic rings. The number of para-hydroxylation sites is 1. The number of carbonyl (C=O) groups is 2. The van der Waals surface area contributed by atoms with Crippen molar-refractivity contribution in [1.29, 1.82) is 0 Å². The average Bonchev–Trinajstić information content (AvgIpc) is 2.75. The molecule has 0 unspecified atom stereocenters. The molecule has 142 valence electrons. The van der Waals surface area contributed by atoms with Crippen molar-refractivity contribution in [3.05, 3.63) is 66.4 Å². The van der Waals surface area contributed by atoms with Gasteiger partial charge in [0.25, 0.3) is 0 Å². The second kappa shape index (κ2) is 8.21. The lowest BCUT2D eigenvalue weighted by Gasteiger charge is -2.20. The minimum atomic E-state index is -0.509. The predicted octanol–water partition coefficient (Wildman–Crippen LogP) is 4.97. The van der Waals surface area contributed by atoms with Gasteiger partial charge >= 0.3 is 5.97 Å². The summed E-state index contributed by atoms with van der Waals surface area (Å²) in [6.07, 6.45) is 5.38. The summed E-state index contributed by atoms with van der Waals surface area (Å²) < 4.78 is 5.41. The molecule has 3 aromatic rings. The van der Waals surface area contributed by atoms with Crippen LogP contribution in [0.1, 0.15) is 42.6 Å². The number of hydrogen-bond donors (Lipinski definition) is 1. The predicted molar refractivity (Wildman–Crippen MR) is 108 cm³/mol. The van der Waals surface area contributed by atoms with E-state index in [1.54, 1.807) is 30.3 Å². The van der Waals surface area contributed by atoms with Crippen molar-refractivity contribution in [3.8, 4) is 5.75 Å². The van der Waals surface area contributed by atoms with Crippen molar-refractivity contribution in [2.24, 2.45) is 5.92 Å². The Kier molecular flexibility index (Phi) is 5.33. The molecule has 28 heavy (non-hydrogen) atoms. The molecule has 1 heterocycles. The molecule has 0 spiro atoms. The van der Waals surface area contributed by atoms with Gasteiger partial charge in [0.15, 0.2) is 0 Å². The van der Waals surface area contributed by atoms with E-state index in [0.29, 0.717) is 11.4 Å². The van der Waals surface area contributed by atoms with Crippen molar-refractivity contribution >= 4 is 28.5 Å². The minimum absolute atomic E-state index is 0.0739. The van der Waals surface area contributed by atoms with Gasteiger partial charge in [0.05, 0.1) is 5.52 Å². The van der Waals surface area contributed by atoms with Crippen LogP contribution < -0.4 is 10.1 Å². The molecule has 1 fully saturated rings. The van der Waals surface area contributed by atoms with Crippen molar-refractivity contribution in [1.82, 2.24) is 4.98 Å². The lowest BCUT2D eigenvalue weighted by molar-refractivity contribution is -0.120. The maximum absolute atomic E-state index is 12.4. The number of esters is 1. The fourth-order valence-electron chi connectivity index (χ4n) is 3.55. The van der Waals surface area contributed by atoms with Crippen LogP contribution in [-0.2, 0) is 4.79 Å². The number of benzene rings is 2. The molecular formula is C23H22N2O3. The zero-order chi connectivity index (χ0) is 19.3. The number of nitrogens with one attached hydrogen (secondary N) is 1. The molecule has 1 amide bonds. The molecule has 0 saturated heterocycles. The second-order valence-corrected chi connectivity index (χ2v) is 7.13. The fourth-order valence-corrected chi connectivity index (χ4v) is 3.55. The summed E-state index contributed by atoms with van der Waals surface area (Å²) in [5.41, 5.74) is 1.71. The lowest BCUT2D eigenvalue weighted by Crippen LogP contribution is -2.24. The highest BCUT2D eigenvalue weighted by molar-refractivity contribution is 5.93. The maximum Gasteiger partial charge on any atom is 0.362 e. The van der Waals surface area contributed by atoms with E-state index in [2.05, 4.69) is 10.3 Å². The third kappa shape index (κ3) is 4.19. The van der Waals surface area contributed by atoms with Crippen LogP contribution in [0.5, 0.6) is 5.75 Å². The number of carbonyl (C=O) groups excluding carboxylic acids is 2. The number of ether oxygens (including phenoxy) is 1. The summed E-state index contributed by atoms with van der Waals surface area (Å²) in [5, 5.41) is 3.92. The Bertz CT molecular complexity index is 992. The smallest absolute Gasteiger partial charge is 0.362 e. The molecule has 2 aromatic carbocycles. The van der Waals surface area contributed by atoms with Gasteiger partial charge in [-0.25, -0.2) is 9.78 Å². The van der Waals surface area contributed by atoms with Gasteiger partial charge in [-0.1, -0.05) is 43.5 Å². The number of fused-ring (bicyclic) bond motifs is 1. The Labute approximate surface area is 163 Å². The number of hydrogen-bond acceptors (Lipinski definition) is 4. The summed E-state index contributed by atoms with van der Waals surface area (Å²) in [6.45, 7) is 0. The molecule has 1 saturated carbocycles. The zero-order valence-electron chi connectivity index (χ0n) is 15.6. The Morgan fingerprint density at radius 3 is 2.43 bits per heavy atom. The third-order valence-corrected chi connectivity index (χ3v) is 5.12. The fraction of sp³-hybridized carbons (Fsp3) is 0.261. The van der Waals surface area contributed by atoms with Crippen LogP contribution in [0, 0.1) is 5.92 Å². The molecule has 5 heteroatoms.